The quantitative estimate of drug-likeness (QED) is 0.589. The maximum absolute atomic E-state index is 9.21. The molecule has 0 amide bonds. The van der Waals surface area contributed by atoms with Crippen LogP contribution < -0.4 is 0 Å². The molecule has 0 saturated heterocycles. The molecule has 0 saturated carbocycles. The summed E-state index contributed by atoms with van der Waals surface area (Å²) in [6, 6.07) is 0. The Hall–Kier alpha value is -0.120. The van der Waals surface area contributed by atoms with Gasteiger partial charge in [-0.3, -0.25) is 0 Å². The molecule has 0 aromatic carbocycles. The predicted molar refractivity (Wildman–Crippen MR) is 52.8 cm³/mol. The van der Waals surface area contributed by atoms with Crippen molar-refractivity contribution in [2.24, 2.45) is 5.92 Å². The van der Waals surface area contributed by atoms with Gasteiger partial charge in [0, 0.05) is 13.7 Å². The molecule has 3 heteroatoms. The highest BCUT2D eigenvalue weighted by Gasteiger charge is 2.02. The molecule has 0 fully saturated rings. The van der Waals surface area contributed by atoms with E-state index in [1.165, 1.54) is 6.42 Å². The number of methoxy groups -OCH3 is 1. The Labute approximate surface area is 81.0 Å². The molecule has 0 spiro atoms. The minimum Gasteiger partial charge on any atom is -0.388 e. The van der Waals surface area contributed by atoms with E-state index in [0.717, 1.165) is 18.9 Å². The van der Waals surface area contributed by atoms with Crippen molar-refractivity contribution < 1.29 is 14.6 Å². The van der Waals surface area contributed by atoms with Crippen LogP contribution in [0.3, 0.4) is 0 Å². The van der Waals surface area contributed by atoms with Crippen molar-refractivity contribution >= 4 is 0 Å². The van der Waals surface area contributed by atoms with Crippen LogP contribution in [-0.2, 0) is 9.47 Å². The van der Waals surface area contributed by atoms with Crippen LogP contribution in [0.2, 0.25) is 0 Å². The first-order chi connectivity index (χ1) is 6.16. The molecule has 80 valence electrons. The van der Waals surface area contributed by atoms with E-state index in [1.807, 2.05) is 0 Å². The van der Waals surface area contributed by atoms with E-state index < -0.39 is 6.10 Å². The van der Waals surface area contributed by atoms with Crippen molar-refractivity contribution in [2.75, 3.05) is 26.9 Å². The number of aliphatic hydroxyl groups is 1. The van der Waals surface area contributed by atoms with Crippen LogP contribution in [0.4, 0.5) is 0 Å². The van der Waals surface area contributed by atoms with Crippen molar-refractivity contribution in [3.8, 4) is 0 Å². The molecule has 0 aromatic heterocycles. The van der Waals surface area contributed by atoms with Crippen LogP contribution in [0.25, 0.3) is 0 Å². The normalized spacial score (nSPS) is 13.6. The van der Waals surface area contributed by atoms with Gasteiger partial charge in [-0.15, -0.1) is 0 Å². The van der Waals surface area contributed by atoms with Gasteiger partial charge in [0.1, 0.15) is 6.10 Å². The molecule has 0 radical (unpaired) electrons. The summed E-state index contributed by atoms with van der Waals surface area (Å²) >= 11 is 0. The highest BCUT2D eigenvalue weighted by molar-refractivity contribution is 4.51. The van der Waals surface area contributed by atoms with Gasteiger partial charge in [0.15, 0.2) is 0 Å². The number of hydrogen-bond donors (Lipinski definition) is 1. The van der Waals surface area contributed by atoms with E-state index in [2.05, 4.69) is 13.8 Å². The fourth-order valence-corrected chi connectivity index (χ4v) is 1.05. The SMILES string of the molecule is COCC(O)COCCCC(C)C. The molecule has 0 heterocycles. The van der Waals surface area contributed by atoms with E-state index in [1.54, 1.807) is 7.11 Å². The van der Waals surface area contributed by atoms with Crippen LogP contribution in [0.15, 0.2) is 0 Å². The Bertz CT molecular complexity index is 104. The average molecular weight is 190 g/mol. The third-order valence-electron chi connectivity index (χ3n) is 1.74. The van der Waals surface area contributed by atoms with Crippen LogP contribution in [0, 0.1) is 5.92 Å². The average Bonchev–Trinajstić information content (AvgIpc) is 2.03. The monoisotopic (exact) mass is 190 g/mol. The first kappa shape index (κ1) is 12.9. The second-order valence-electron chi connectivity index (χ2n) is 3.72. The Morgan fingerprint density at radius 3 is 2.46 bits per heavy atom. The van der Waals surface area contributed by atoms with Gasteiger partial charge in [-0.2, -0.15) is 0 Å². The number of aliphatic hydroxyl groups excluding tert-OH is 1. The first-order valence-corrected chi connectivity index (χ1v) is 4.91. The topological polar surface area (TPSA) is 38.7 Å². The zero-order valence-electron chi connectivity index (χ0n) is 8.95. The lowest BCUT2D eigenvalue weighted by atomic mass is 10.1. The molecule has 1 unspecified atom stereocenters. The van der Waals surface area contributed by atoms with E-state index in [0.29, 0.717) is 13.2 Å². The van der Waals surface area contributed by atoms with Gasteiger partial charge >= 0.3 is 0 Å². The molecular weight excluding hydrogens is 168 g/mol. The molecule has 3 nitrogen and oxygen atoms in total. The number of rotatable bonds is 8. The van der Waals surface area contributed by atoms with Crippen LogP contribution in [0.1, 0.15) is 26.7 Å². The molecule has 0 aliphatic heterocycles. The lowest BCUT2D eigenvalue weighted by Crippen LogP contribution is -2.21. The van der Waals surface area contributed by atoms with Crippen LogP contribution in [0.5, 0.6) is 0 Å². The first-order valence-electron chi connectivity index (χ1n) is 4.91. The van der Waals surface area contributed by atoms with Crippen molar-refractivity contribution in [1.82, 2.24) is 0 Å². The Morgan fingerprint density at radius 1 is 1.23 bits per heavy atom. The zero-order valence-corrected chi connectivity index (χ0v) is 8.95. The molecule has 0 aliphatic carbocycles. The van der Waals surface area contributed by atoms with E-state index >= 15 is 0 Å². The maximum Gasteiger partial charge on any atom is 0.101 e. The second-order valence-corrected chi connectivity index (χ2v) is 3.72. The zero-order chi connectivity index (χ0) is 10.1. The summed E-state index contributed by atoms with van der Waals surface area (Å²) in [5.41, 5.74) is 0. The second kappa shape index (κ2) is 8.48. The third kappa shape index (κ3) is 9.80. The lowest BCUT2D eigenvalue weighted by molar-refractivity contribution is -0.00717. The smallest absolute Gasteiger partial charge is 0.101 e. The van der Waals surface area contributed by atoms with Crippen molar-refractivity contribution in [3.63, 3.8) is 0 Å². The summed E-state index contributed by atoms with van der Waals surface area (Å²) in [6.07, 6.45) is 1.77. The molecule has 0 bridgehead atoms. The van der Waals surface area contributed by atoms with Gasteiger partial charge in [-0.1, -0.05) is 13.8 Å². The highest BCUT2D eigenvalue weighted by atomic mass is 16.5. The standard InChI is InChI=1S/C10H22O3/c1-9(2)5-4-6-13-8-10(11)7-12-3/h9-11H,4-8H2,1-3H3. The summed E-state index contributed by atoms with van der Waals surface area (Å²) < 4.78 is 10.0. The fourth-order valence-electron chi connectivity index (χ4n) is 1.05. The van der Waals surface area contributed by atoms with Gasteiger partial charge in [-0.25, -0.2) is 0 Å². The largest absolute Gasteiger partial charge is 0.388 e. The third-order valence-corrected chi connectivity index (χ3v) is 1.74. The molecule has 0 rings (SSSR count). The summed E-state index contributed by atoms with van der Waals surface area (Å²) in [5.74, 6) is 0.729. The summed E-state index contributed by atoms with van der Waals surface area (Å²) in [6.45, 7) is 5.86. The minimum absolute atomic E-state index is 0.351. The van der Waals surface area contributed by atoms with Gasteiger partial charge in [-0.05, 0) is 18.8 Å². The Morgan fingerprint density at radius 2 is 1.92 bits per heavy atom. The molecule has 13 heavy (non-hydrogen) atoms. The van der Waals surface area contributed by atoms with Gasteiger partial charge < -0.3 is 14.6 Å². The van der Waals surface area contributed by atoms with Crippen LogP contribution >= 0.6 is 0 Å². The van der Waals surface area contributed by atoms with Gasteiger partial charge in [0.25, 0.3) is 0 Å². The summed E-state index contributed by atoms with van der Waals surface area (Å²) in [7, 11) is 1.57. The molecule has 0 aromatic rings. The number of hydrogen-bond acceptors (Lipinski definition) is 3. The summed E-state index contributed by atoms with van der Waals surface area (Å²) in [5, 5.41) is 9.21. The van der Waals surface area contributed by atoms with E-state index in [9.17, 15) is 5.11 Å². The minimum atomic E-state index is -0.482. The van der Waals surface area contributed by atoms with E-state index in [-0.39, 0.29) is 0 Å². The lowest BCUT2D eigenvalue weighted by Gasteiger charge is -2.10. The van der Waals surface area contributed by atoms with Gasteiger partial charge in [0.05, 0.1) is 13.2 Å². The van der Waals surface area contributed by atoms with Crippen molar-refractivity contribution in [3.05, 3.63) is 0 Å². The number of ether oxygens (including phenoxy) is 2. The molecule has 0 aliphatic rings. The van der Waals surface area contributed by atoms with Crippen molar-refractivity contribution in [1.29, 1.82) is 0 Å². The maximum atomic E-state index is 9.21. The highest BCUT2D eigenvalue weighted by Crippen LogP contribution is 2.03. The van der Waals surface area contributed by atoms with Gasteiger partial charge in [0.2, 0.25) is 0 Å². The Balaban J connectivity index is 3.06. The van der Waals surface area contributed by atoms with Crippen LogP contribution in [-0.4, -0.2) is 38.1 Å². The fraction of sp³-hybridized carbons (Fsp3) is 1.00. The van der Waals surface area contributed by atoms with E-state index in [4.69, 9.17) is 9.47 Å². The van der Waals surface area contributed by atoms with Crippen molar-refractivity contribution in [2.45, 2.75) is 32.8 Å². The molecule has 1 N–H and O–H groups in total. The molecular formula is C10H22O3. The predicted octanol–water partition coefficient (Wildman–Crippen LogP) is 1.45. The summed E-state index contributed by atoms with van der Waals surface area (Å²) in [4.78, 5) is 0. The molecule has 1 atom stereocenters. The Kier molecular flexibility index (Phi) is 8.40.